The van der Waals surface area contributed by atoms with E-state index in [1.54, 1.807) is 0 Å². The Morgan fingerprint density at radius 1 is 0.909 bits per heavy atom. The lowest BCUT2D eigenvalue weighted by Gasteiger charge is -2.15. The van der Waals surface area contributed by atoms with Crippen LogP contribution >= 0.6 is 0 Å². The van der Waals surface area contributed by atoms with E-state index >= 15 is 0 Å². The zero-order valence-electron chi connectivity index (χ0n) is 12.4. The third-order valence-electron chi connectivity index (χ3n) is 3.45. The average molecular weight is 296 g/mol. The van der Waals surface area contributed by atoms with Gasteiger partial charge in [0.15, 0.2) is 0 Å². The van der Waals surface area contributed by atoms with Gasteiger partial charge in [-0.05, 0) is 24.0 Å². The summed E-state index contributed by atoms with van der Waals surface area (Å²) in [5, 5.41) is 2.72. The van der Waals surface area contributed by atoms with Crippen molar-refractivity contribution in [1.82, 2.24) is 5.32 Å². The molecule has 0 fully saturated rings. The minimum Gasteiger partial charge on any atom is -0.368 e. The highest BCUT2D eigenvalue weighted by Crippen LogP contribution is 2.06. The maximum absolute atomic E-state index is 12.0. The molecular weight excluding hydrogens is 276 g/mol. The Morgan fingerprint density at radius 2 is 1.45 bits per heavy atom. The molecule has 0 saturated carbocycles. The summed E-state index contributed by atoms with van der Waals surface area (Å²) in [6.07, 6.45) is 1.44. The van der Waals surface area contributed by atoms with E-state index in [9.17, 15) is 9.59 Å². The number of benzene rings is 2. The summed E-state index contributed by atoms with van der Waals surface area (Å²) in [7, 11) is 0. The SMILES string of the molecule is NC(=O)C(CCc1ccccc1)NC(=O)Cc1ccccc1. The Hall–Kier alpha value is -2.62. The van der Waals surface area contributed by atoms with Crippen LogP contribution in [0.3, 0.4) is 0 Å². The van der Waals surface area contributed by atoms with Crippen molar-refractivity contribution in [2.45, 2.75) is 25.3 Å². The number of rotatable bonds is 7. The van der Waals surface area contributed by atoms with Crippen LogP contribution in [-0.4, -0.2) is 17.9 Å². The molecule has 3 N–H and O–H groups in total. The number of carbonyl (C=O) groups is 2. The predicted octanol–water partition coefficient (Wildman–Crippen LogP) is 1.83. The molecule has 22 heavy (non-hydrogen) atoms. The van der Waals surface area contributed by atoms with Crippen molar-refractivity contribution in [3.05, 3.63) is 71.8 Å². The van der Waals surface area contributed by atoms with Gasteiger partial charge >= 0.3 is 0 Å². The third kappa shape index (κ3) is 5.05. The van der Waals surface area contributed by atoms with Crippen molar-refractivity contribution in [2.75, 3.05) is 0 Å². The molecule has 4 heteroatoms. The normalized spacial score (nSPS) is 11.6. The summed E-state index contributed by atoms with van der Waals surface area (Å²) in [4.78, 5) is 23.5. The highest BCUT2D eigenvalue weighted by molar-refractivity contribution is 5.87. The van der Waals surface area contributed by atoms with Crippen LogP contribution in [0.5, 0.6) is 0 Å². The molecule has 0 heterocycles. The van der Waals surface area contributed by atoms with Crippen LogP contribution in [0.4, 0.5) is 0 Å². The molecule has 0 aliphatic rings. The van der Waals surface area contributed by atoms with Gasteiger partial charge in [0.05, 0.1) is 6.42 Å². The Labute approximate surface area is 130 Å². The number of aryl methyl sites for hydroxylation is 1. The van der Waals surface area contributed by atoms with Gasteiger partial charge in [-0.15, -0.1) is 0 Å². The Kier molecular flexibility index (Phi) is 5.72. The number of carbonyl (C=O) groups excluding carboxylic acids is 2. The van der Waals surface area contributed by atoms with Gasteiger partial charge in [-0.25, -0.2) is 0 Å². The molecule has 2 aromatic rings. The van der Waals surface area contributed by atoms with Crippen molar-refractivity contribution in [2.24, 2.45) is 5.73 Å². The maximum atomic E-state index is 12.0. The van der Waals surface area contributed by atoms with Gasteiger partial charge in [0.2, 0.25) is 11.8 Å². The van der Waals surface area contributed by atoms with E-state index in [0.717, 1.165) is 11.1 Å². The summed E-state index contributed by atoms with van der Waals surface area (Å²) in [5.41, 5.74) is 7.41. The summed E-state index contributed by atoms with van der Waals surface area (Å²) < 4.78 is 0. The molecule has 0 saturated heterocycles. The third-order valence-corrected chi connectivity index (χ3v) is 3.45. The lowest BCUT2D eigenvalue weighted by molar-refractivity contribution is -0.127. The number of primary amides is 1. The second kappa shape index (κ2) is 7.98. The number of nitrogens with two attached hydrogens (primary N) is 1. The van der Waals surface area contributed by atoms with Gasteiger partial charge in [-0.1, -0.05) is 60.7 Å². The van der Waals surface area contributed by atoms with E-state index in [-0.39, 0.29) is 12.3 Å². The quantitative estimate of drug-likeness (QED) is 0.818. The van der Waals surface area contributed by atoms with Gasteiger partial charge in [-0.2, -0.15) is 0 Å². The average Bonchev–Trinajstić information content (AvgIpc) is 2.53. The topological polar surface area (TPSA) is 72.2 Å². The van der Waals surface area contributed by atoms with Crippen LogP contribution in [0.15, 0.2) is 60.7 Å². The van der Waals surface area contributed by atoms with Crippen molar-refractivity contribution < 1.29 is 9.59 Å². The molecule has 2 amide bonds. The van der Waals surface area contributed by atoms with Gasteiger partial charge in [0.1, 0.15) is 6.04 Å². The molecule has 1 unspecified atom stereocenters. The van der Waals surface area contributed by atoms with E-state index in [1.165, 1.54) is 0 Å². The van der Waals surface area contributed by atoms with Gasteiger partial charge in [0, 0.05) is 0 Å². The minimum atomic E-state index is -0.642. The maximum Gasteiger partial charge on any atom is 0.240 e. The highest BCUT2D eigenvalue weighted by atomic mass is 16.2. The summed E-state index contributed by atoms with van der Waals surface area (Å²) >= 11 is 0. The van der Waals surface area contributed by atoms with Gasteiger partial charge < -0.3 is 11.1 Å². The first-order valence-electron chi connectivity index (χ1n) is 7.31. The molecule has 0 radical (unpaired) electrons. The fraction of sp³-hybridized carbons (Fsp3) is 0.222. The number of hydrogen-bond donors (Lipinski definition) is 2. The molecule has 1 atom stereocenters. The number of amides is 2. The van der Waals surface area contributed by atoms with Crippen LogP contribution < -0.4 is 11.1 Å². The Bertz CT molecular complexity index is 611. The first-order chi connectivity index (χ1) is 10.6. The van der Waals surface area contributed by atoms with E-state index < -0.39 is 11.9 Å². The Balaban J connectivity index is 1.88. The zero-order chi connectivity index (χ0) is 15.8. The first kappa shape index (κ1) is 15.8. The minimum absolute atomic E-state index is 0.192. The summed E-state index contributed by atoms with van der Waals surface area (Å²) in [6, 6.07) is 18.6. The van der Waals surface area contributed by atoms with Crippen LogP contribution in [0.1, 0.15) is 17.5 Å². The van der Waals surface area contributed by atoms with Gasteiger partial charge in [0.25, 0.3) is 0 Å². The molecule has 0 bridgehead atoms. The molecule has 0 aliphatic heterocycles. The Morgan fingerprint density at radius 3 is 2.00 bits per heavy atom. The molecular formula is C18H20N2O2. The van der Waals surface area contributed by atoms with Crippen molar-refractivity contribution >= 4 is 11.8 Å². The van der Waals surface area contributed by atoms with Crippen molar-refractivity contribution in [3.8, 4) is 0 Å². The molecule has 0 aromatic heterocycles. The van der Waals surface area contributed by atoms with E-state index in [0.29, 0.717) is 12.8 Å². The van der Waals surface area contributed by atoms with E-state index in [4.69, 9.17) is 5.73 Å². The standard InChI is InChI=1S/C18H20N2O2/c19-18(22)16(12-11-14-7-3-1-4-8-14)20-17(21)13-15-9-5-2-6-10-15/h1-10,16H,11-13H2,(H2,19,22)(H,20,21). The molecule has 0 aliphatic carbocycles. The van der Waals surface area contributed by atoms with Crippen LogP contribution in [-0.2, 0) is 22.4 Å². The molecule has 0 spiro atoms. The van der Waals surface area contributed by atoms with Crippen LogP contribution in [0, 0.1) is 0 Å². The predicted molar refractivity (Wildman–Crippen MR) is 86.0 cm³/mol. The largest absolute Gasteiger partial charge is 0.368 e. The number of hydrogen-bond acceptors (Lipinski definition) is 2. The molecule has 114 valence electrons. The second-order valence-electron chi connectivity index (χ2n) is 5.21. The van der Waals surface area contributed by atoms with E-state index in [1.807, 2.05) is 60.7 Å². The fourth-order valence-electron chi connectivity index (χ4n) is 2.27. The van der Waals surface area contributed by atoms with Gasteiger partial charge in [-0.3, -0.25) is 9.59 Å². The number of nitrogens with one attached hydrogen (secondary N) is 1. The van der Waals surface area contributed by atoms with Crippen molar-refractivity contribution in [3.63, 3.8) is 0 Å². The zero-order valence-corrected chi connectivity index (χ0v) is 12.4. The lowest BCUT2D eigenvalue weighted by Crippen LogP contribution is -2.45. The lowest BCUT2D eigenvalue weighted by atomic mass is 10.0. The monoisotopic (exact) mass is 296 g/mol. The second-order valence-corrected chi connectivity index (χ2v) is 5.21. The molecule has 4 nitrogen and oxygen atoms in total. The van der Waals surface area contributed by atoms with Crippen LogP contribution in [0.25, 0.3) is 0 Å². The summed E-state index contributed by atoms with van der Waals surface area (Å²) in [6.45, 7) is 0. The van der Waals surface area contributed by atoms with Crippen molar-refractivity contribution in [1.29, 1.82) is 0 Å². The molecule has 2 rings (SSSR count). The highest BCUT2D eigenvalue weighted by Gasteiger charge is 2.17. The smallest absolute Gasteiger partial charge is 0.240 e. The first-order valence-corrected chi connectivity index (χ1v) is 7.31. The van der Waals surface area contributed by atoms with E-state index in [2.05, 4.69) is 5.32 Å². The van der Waals surface area contributed by atoms with Crippen LogP contribution in [0.2, 0.25) is 0 Å². The fourth-order valence-corrected chi connectivity index (χ4v) is 2.27. The summed E-state index contributed by atoms with van der Waals surface area (Å²) in [5.74, 6) is -0.694. The molecule has 2 aromatic carbocycles.